The summed E-state index contributed by atoms with van der Waals surface area (Å²) in [6.45, 7) is -0.0143. The fraction of sp³-hybridized carbons (Fsp3) is 0.462. The molecular weight excluding hydrogens is 289 g/mol. The maximum Gasteiger partial charge on any atom is 0.258 e. The minimum absolute atomic E-state index is 0.0566. The van der Waals surface area contributed by atoms with Crippen LogP contribution in [-0.4, -0.2) is 44.0 Å². The maximum absolute atomic E-state index is 12.8. The first-order valence-corrected chi connectivity index (χ1v) is 6.41. The molecule has 20 heavy (non-hydrogen) atoms. The molecule has 1 rings (SSSR count). The van der Waals surface area contributed by atoms with E-state index in [2.05, 4.69) is 5.32 Å². The topological polar surface area (TPSA) is 67.8 Å². The molecule has 1 amide bonds. The van der Waals surface area contributed by atoms with Crippen LogP contribution in [0.25, 0.3) is 0 Å². The van der Waals surface area contributed by atoms with Crippen LogP contribution in [0.1, 0.15) is 6.42 Å². The average molecular weight is 306 g/mol. The minimum atomic E-state index is -0.477. The number of aliphatic hydroxyl groups is 1. The van der Waals surface area contributed by atoms with Gasteiger partial charge in [0.25, 0.3) is 5.91 Å². The maximum atomic E-state index is 12.8. The zero-order valence-electron chi connectivity index (χ0n) is 11.1. The van der Waals surface area contributed by atoms with Gasteiger partial charge in [0.1, 0.15) is 11.6 Å². The Morgan fingerprint density at radius 2 is 2.30 bits per heavy atom. The first-order valence-electron chi connectivity index (χ1n) is 6.03. The van der Waals surface area contributed by atoms with Crippen molar-refractivity contribution in [2.24, 2.45) is 0 Å². The smallest absolute Gasteiger partial charge is 0.258 e. The van der Waals surface area contributed by atoms with Gasteiger partial charge < -0.3 is 19.9 Å². The first-order chi connectivity index (χ1) is 9.56. The van der Waals surface area contributed by atoms with Crippen molar-refractivity contribution in [3.63, 3.8) is 0 Å². The van der Waals surface area contributed by atoms with Crippen molar-refractivity contribution in [2.45, 2.75) is 12.5 Å². The molecule has 112 valence electrons. The second-order valence-electron chi connectivity index (χ2n) is 4.10. The molecule has 0 saturated carbocycles. The quantitative estimate of drug-likeness (QED) is 0.761. The number of benzene rings is 1. The van der Waals surface area contributed by atoms with Crippen LogP contribution < -0.4 is 10.1 Å². The molecule has 0 saturated heterocycles. The number of hydrogen-bond acceptors (Lipinski definition) is 4. The third-order valence-corrected chi connectivity index (χ3v) is 2.76. The second-order valence-corrected chi connectivity index (χ2v) is 4.50. The number of carbonyl (C=O) groups excluding carboxylic acids is 1. The van der Waals surface area contributed by atoms with E-state index in [0.29, 0.717) is 13.0 Å². The third-order valence-electron chi connectivity index (χ3n) is 2.46. The summed E-state index contributed by atoms with van der Waals surface area (Å²) in [5, 5.41) is 11.6. The van der Waals surface area contributed by atoms with Crippen LogP contribution >= 0.6 is 11.6 Å². The highest BCUT2D eigenvalue weighted by molar-refractivity contribution is 6.32. The molecule has 0 aliphatic carbocycles. The number of aliphatic hydroxyl groups excluding tert-OH is 1. The molecule has 5 nitrogen and oxygen atoms in total. The fourth-order valence-electron chi connectivity index (χ4n) is 1.56. The van der Waals surface area contributed by atoms with Crippen LogP contribution in [0, 0.1) is 5.82 Å². The predicted molar refractivity (Wildman–Crippen MR) is 72.4 cm³/mol. The Morgan fingerprint density at radius 1 is 1.55 bits per heavy atom. The third kappa shape index (κ3) is 5.73. The summed E-state index contributed by atoms with van der Waals surface area (Å²) in [6, 6.07) is 3.36. The Balaban J connectivity index is 2.45. The van der Waals surface area contributed by atoms with Gasteiger partial charge in [0.2, 0.25) is 0 Å². The van der Waals surface area contributed by atoms with E-state index in [1.807, 2.05) is 0 Å². The van der Waals surface area contributed by atoms with E-state index in [-0.39, 0.29) is 35.9 Å². The monoisotopic (exact) mass is 305 g/mol. The van der Waals surface area contributed by atoms with E-state index in [1.165, 1.54) is 19.2 Å². The van der Waals surface area contributed by atoms with Gasteiger partial charge >= 0.3 is 0 Å². The second kappa shape index (κ2) is 8.73. The number of amides is 1. The summed E-state index contributed by atoms with van der Waals surface area (Å²) in [7, 11) is 1.51. The summed E-state index contributed by atoms with van der Waals surface area (Å²) in [4.78, 5) is 11.7. The first kappa shape index (κ1) is 16.7. The highest BCUT2D eigenvalue weighted by atomic mass is 35.5. The SMILES string of the molecule is COCC(CCO)NC(=O)COc1ccc(F)cc1Cl. The fourth-order valence-corrected chi connectivity index (χ4v) is 1.78. The predicted octanol–water partition coefficient (Wildman–Crippen LogP) is 1.37. The molecule has 2 N–H and O–H groups in total. The molecule has 1 aromatic rings. The number of methoxy groups -OCH3 is 1. The standard InChI is InChI=1S/C13H17ClFNO4/c1-19-7-10(4-5-17)16-13(18)8-20-12-3-2-9(15)6-11(12)14/h2-3,6,10,17H,4-5,7-8H2,1H3,(H,16,18). The number of hydrogen-bond donors (Lipinski definition) is 2. The van der Waals surface area contributed by atoms with Gasteiger partial charge in [-0.3, -0.25) is 4.79 Å². The van der Waals surface area contributed by atoms with Crippen molar-refractivity contribution in [3.05, 3.63) is 29.0 Å². The molecule has 7 heteroatoms. The molecule has 0 heterocycles. The Kier molecular flexibility index (Phi) is 7.28. The highest BCUT2D eigenvalue weighted by Gasteiger charge is 2.13. The van der Waals surface area contributed by atoms with Gasteiger partial charge in [-0.05, 0) is 24.6 Å². The molecule has 1 unspecified atom stereocenters. The lowest BCUT2D eigenvalue weighted by Crippen LogP contribution is -2.41. The molecule has 0 radical (unpaired) electrons. The van der Waals surface area contributed by atoms with Crippen molar-refractivity contribution >= 4 is 17.5 Å². The summed E-state index contributed by atoms with van der Waals surface area (Å²) in [5.41, 5.74) is 0. The lowest BCUT2D eigenvalue weighted by molar-refractivity contribution is -0.124. The summed E-state index contributed by atoms with van der Waals surface area (Å²) in [6.07, 6.45) is 0.386. The van der Waals surface area contributed by atoms with E-state index in [1.54, 1.807) is 0 Å². The summed E-state index contributed by atoms with van der Waals surface area (Å²) < 4.78 is 23.0. The van der Waals surface area contributed by atoms with E-state index in [9.17, 15) is 9.18 Å². The van der Waals surface area contributed by atoms with Gasteiger partial charge in [-0.2, -0.15) is 0 Å². The van der Waals surface area contributed by atoms with Gasteiger partial charge in [-0.25, -0.2) is 4.39 Å². The number of carbonyl (C=O) groups is 1. The Labute approximate surface area is 121 Å². The van der Waals surface area contributed by atoms with Crippen molar-refractivity contribution in [1.82, 2.24) is 5.32 Å². The van der Waals surface area contributed by atoms with E-state index >= 15 is 0 Å². The molecule has 1 atom stereocenters. The van der Waals surface area contributed by atoms with E-state index < -0.39 is 5.82 Å². The Hall–Kier alpha value is -1.37. The molecule has 0 aliphatic rings. The van der Waals surface area contributed by atoms with Crippen LogP contribution in [0.5, 0.6) is 5.75 Å². The van der Waals surface area contributed by atoms with Gasteiger partial charge in [0.15, 0.2) is 6.61 Å². The number of ether oxygens (including phenoxy) is 2. The van der Waals surface area contributed by atoms with Gasteiger partial charge in [0, 0.05) is 13.7 Å². The Bertz CT molecular complexity index is 438. The highest BCUT2D eigenvalue weighted by Crippen LogP contribution is 2.24. The van der Waals surface area contributed by atoms with Gasteiger partial charge in [-0.1, -0.05) is 11.6 Å². The number of halogens is 2. The summed E-state index contributed by atoms with van der Waals surface area (Å²) >= 11 is 5.77. The zero-order chi connectivity index (χ0) is 15.0. The van der Waals surface area contributed by atoms with Crippen LogP contribution in [0.4, 0.5) is 4.39 Å². The van der Waals surface area contributed by atoms with Crippen LogP contribution in [-0.2, 0) is 9.53 Å². The van der Waals surface area contributed by atoms with Crippen molar-refractivity contribution in [2.75, 3.05) is 26.9 Å². The number of rotatable bonds is 8. The van der Waals surface area contributed by atoms with Crippen molar-refractivity contribution < 1.29 is 23.8 Å². The van der Waals surface area contributed by atoms with E-state index in [4.69, 9.17) is 26.2 Å². The lowest BCUT2D eigenvalue weighted by atomic mass is 10.2. The van der Waals surface area contributed by atoms with Crippen molar-refractivity contribution in [3.8, 4) is 5.75 Å². The summed E-state index contributed by atoms with van der Waals surface area (Å²) in [5.74, 6) is -0.621. The van der Waals surface area contributed by atoms with Crippen LogP contribution in [0.3, 0.4) is 0 Å². The van der Waals surface area contributed by atoms with Gasteiger partial charge in [-0.15, -0.1) is 0 Å². The molecule has 0 fully saturated rings. The normalized spacial score (nSPS) is 12.0. The lowest BCUT2D eigenvalue weighted by Gasteiger charge is -2.17. The molecule has 1 aromatic carbocycles. The molecule has 0 spiro atoms. The number of nitrogens with one attached hydrogen (secondary N) is 1. The largest absolute Gasteiger partial charge is 0.482 e. The molecule has 0 aromatic heterocycles. The minimum Gasteiger partial charge on any atom is -0.482 e. The molecule has 0 bridgehead atoms. The van der Waals surface area contributed by atoms with Gasteiger partial charge in [0.05, 0.1) is 17.7 Å². The average Bonchev–Trinajstić information content (AvgIpc) is 2.38. The Morgan fingerprint density at radius 3 is 2.90 bits per heavy atom. The zero-order valence-corrected chi connectivity index (χ0v) is 11.8. The van der Waals surface area contributed by atoms with Crippen molar-refractivity contribution in [1.29, 1.82) is 0 Å². The molecular formula is C13H17ClFNO4. The van der Waals surface area contributed by atoms with Crippen LogP contribution in [0.2, 0.25) is 5.02 Å². The van der Waals surface area contributed by atoms with E-state index in [0.717, 1.165) is 6.07 Å². The molecule has 0 aliphatic heterocycles. The van der Waals surface area contributed by atoms with Crippen LogP contribution in [0.15, 0.2) is 18.2 Å².